The molecule has 1 rings (SSSR count). The molecule has 0 aliphatic rings. The Morgan fingerprint density at radius 1 is 1.57 bits per heavy atom. The van der Waals surface area contributed by atoms with Gasteiger partial charge in [0.1, 0.15) is 22.4 Å². The average molecular weight is 214 g/mol. The van der Waals surface area contributed by atoms with Crippen molar-refractivity contribution in [2.24, 2.45) is 4.40 Å². The van der Waals surface area contributed by atoms with Gasteiger partial charge < -0.3 is 9.08 Å². The molecule has 1 heterocycles. The molecule has 1 atom stereocenters. The molecule has 0 bridgehead atoms. The van der Waals surface area contributed by atoms with E-state index in [-0.39, 0.29) is 4.75 Å². The van der Waals surface area contributed by atoms with Crippen LogP contribution >= 0.6 is 0 Å². The molecule has 0 aliphatic carbocycles. The molecule has 0 amide bonds. The predicted octanol–water partition coefficient (Wildman–Crippen LogP) is 1.86. The molecule has 0 saturated carbocycles. The van der Waals surface area contributed by atoms with Crippen molar-refractivity contribution < 1.29 is 9.08 Å². The zero-order chi connectivity index (χ0) is 10.8. The molecule has 0 aromatic carbocycles. The third-order valence-electron chi connectivity index (χ3n) is 1.60. The number of aromatic nitrogens is 1. The van der Waals surface area contributed by atoms with Crippen LogP contribution in [0.15, 0.2) is 15.2 Å². The van der Waals surface area contributed by atoms with Crippen LogP contribution in [-0.4, -0.2) is 20.7 Å². The number of hydrogen-bond donors (Lipinski definition) is 0. The second-order valence-corrected chi connectivity index (χ2v) is 5.89. The summed E-state index contributed by atoms with van der Waals surface area (Å²) in [6.45, 7) is 7.44. The minimum atomic E-state index is -1.23. The van der Waals surface area contributed by atoms with Gasteiger partial charge in [-0.2, -0.15) is 0 Å². The molecule has 0 N–H and O–H groups in total. The molecule has 0 aliphatic heterocycles. The first-order valence-electron chi connectivity index (χ1n) is 4.28. The Morgan fingerprint density at radius 3 is 2.64 bits per heavy atom. The molecule has 0 fully saturated rings. The summed E-state index contributed by atoms with van der Waals surface area (Å²) >= 11 is -1.23. The highest BCUT2D eigenvalue weighted by molar-refractivity contribution is 7.91. The highest BCUT2D eigenvalue weighted by Crippen LogP contribution is 2.17. The summed E-state index contributed by atoms with van der Waals surface area (Å²) in [5, 5.41) is 3.69. The Bertz CT molecular complexity index is 328. The van der Waals surface area contributed by atoms with Gasteiger partial charge in [0.15, 0.2) is 0 Å². The van der Waals surface area contributed by atoms with Crippen LogP contribution in [0.1, 0.15) is 32.0 Å². The lowest BCUT2D eigenvalue weighted by Gasteiger charge is -2.17. The summed E-state index contributed by atoms with van der Waals surface area (Å²) in [5.41, 5.74) is 1.52. The van der Waals surface area contributed by atoms with E-state index in [1.807, 2.05) is 27.7 Å². The highest BCUT2D eigenvalue weighted by Gasteiger charge is 2.25. The first-order valence-corrected chi connectivity index (χ1v) is 5.39. The third kappa shape index (κ3) is 2.85. The minimum Gasteiger partial charge on any atom is -0.591 e. The van der Waals surface area contributed by atoms with Gasteiger partial charge >= 0.3 is 0 Å². The Labute approximate surface area is 86.7 Å². The lowest BCUT2D eigenvalue weighted by molar-refractivity contribution is 0.415. The van der Waals surface area contributed by atoms with E-state index in [9.17, 15) is 4.55 Å². The maximum atomic E-state index is 11.5. The Balaban J connectivity index is 2.70. The monoisotopic (exact) mass is 214 g/mol. The number of nitrogens with zero attached hydrogens (tertiary/aromatic N) is 2. The van der Waals surface area contributed by atoms with Gasteiger partial charge in [-0.05, 0) is 27.7 Å². The normalized spacial score (nSPS) is 14.9. The van der Waals surface area contributed by atoms with E-state index in [0.717, 1.165) is 11.3 Å². The maximum Gasteiger partial charge on any atom is 0.144 e. The zero-order valence-corrected chi connectivity index (χ0v) is 9.59. The first-order chi connectivity index (χ1) is 6.41. The molecule has 4 nitrogen and oxygen atoms in total. The lowest BCUT2D eigenvalue weighted by Crippen LogP contribution is -2.25. The van der Waals surface area contributed by atoms with E-state index in [1.54, 1.807) is 0 Å². The van der Waals surface area contributed by atoms with Crippen molar-refractivity contribution >= 4 is 17.6 Å². The fourth-order valence-electron chi connectivity index (χ4n) is 0.687. The lowest BCUT2D eigenvalue weighted by atomic mass is 10.3. The molecule has 1 aromatic heterocycles. The fraction of sp³-hybridized carbons (Fsp3) is 0.556. The van der Waals surface area contributed by atoms with Crippen molar-refractivity contribution in [2.75, 3.05) is 0 Å². The van der Waals surface area contributed by atoms with E-state index in [4.69, 9.17) is 4.52 Å². The molecule has 0 spiro atoms. The predicted molar refractivity (Wildman–Crippen MR) is 56.7 cm³/mol. The van der Waals surface area contributed by atoms with Gasteiger partial charge in [0.25, 0.3) is 0 Å². The van der Waals surface area contributed by atoms with E-state index in [2.05, 4.69) is 9.55 Å². The highest BCUT2D eigenvalue weighted by atomic mass is 32.2. The summed E-state index contributed by atoms with van der Waals surface area (Å²) in [4.78, 5) is 0. The SMILES string of the molecule is Cc1nocc1C=N[S@@+]([O-])C(C)(C)C. The van der Waals surface area contributed by atoms with Crippen molar-refractivity contribution in [1.29, 1.82) is 0 Å². The molecule has 78 valence electrons. The molecule has 0 unspecified atom stereocenters. The standard InChI is InChI=1S/C9H14N2O2S/c1-7-8(6-13-11-7)5-10-14(12)9(2,3)4/h5-6H,1-4H3/t14-/m0/s1. The summed E-state index contributed by atoms with van der Waals surface area (Å²) in [5.74, 6) is 0. The minimum absolute atomic E-state index is 0.332. The summed E-state index contributed by atoms with van der Waals surface area (Å²) in [7, 11) is 0. The Hall–Kier alpha value is -0.810. The largest absolute Gasteiger partial charge is 0.591 e. The molecule has 14 heavy (non-hydrogen) atoms. The second-order valence-electron chi connectivity index (χ2n) is 3.95. The van der Waals surface area contributed by atoms with Gasteiger partial charge in [-0.1, -0.05) is 9.55 Å². The maximum absolute atomic E-state index is 11.5. The quantitative estimate of drug-likeness (QED) is 0.557. The Morgan fingerprint density at radius 2 is 2.21 bits per heavy atom. The zero-order valence-electron chi connectivity index (χ0n) is 8.77. The van der Waals surface area contributed by atoms with Gasteiger partial charge in [-0.15, -0.1) is 0 Å². The molecular weight excluding hydrogens is 200 g/mol. The average Bonchev–Trinajstić information content (AvgIpc) is 2.45. The molecule has 1 aromatic rings. The van der Waals surface area contributed by atoms with Crippen molar-refractivity contribution in [1.82, 2.24) is 5.16 Å². The number of hydrogen-bond acceptors (Lipinski definition) is 4. The smallest absolute Gasteiger partial charge is 0.144 e. The van der Waals surface area contributed by atoms with Crippen LogP contribution in [0.3, 0.4) is 0 Å². The van der Waals surface area contributed by atoms with Crippen LogP contribution < -0.4 is 0 Å². The van der Waals surface area contributed by atoms with Gasteiger partial charge in [0.2, 0.25) is 0 Å². The first kappa shape index (κ1) is 11.3. The van der Waals surface area contributed by atoms with E-state index < -0.39 is 11.4 Å². The van der Waals surface area contributed by atoms with Gasteiger partial charge in [0.05, 0.1) is 17.5 Å². The van der Waals surface area contributed by atoms with Crippen LogP contribution in [0.5, 0.6) is 0 Å². The number of rotatable bonds is 2. The van der Waals surface area contributed by atoms with E-state index in [1.165, 1.54) is 12.5 Å². The van der Waals surface area contributed by atoms with Crippen molar-refractivity contribution in [3.05, 3.63) is 17.5 Å². The fourth-order valence-corrected chi connectivity index (χ4v) is 1.21. The van der Waals surface area contributed by atoms with Crippen LogP contribution in [0.2, 0.25) is 0 Å². The van der Waals surface area contributed by atoms with Crippen molar-refractivity contribution in [3.63, 3.8) is 0 Å². The van der Waals surface area contributed by atoms with Crippen LogP contribution in [0.25, 0.3) is 0 Å². The summed E-state index contributed by atoms with van der Waals surface area (Å²) in [6, 6.07) is 0. The van der Waals surface area contributed by atoms with E-state index >= 15 is 0 Å². The molecular formula is C9H14N2O2S. The van der Waals surface area contributed by atoms with E-state index in [0.29, 0.717) is 0 Å². The van der Waals surface area contributed by atoms with Crippen LogP contribution in [0.4, 0.5) is 0 Å². The van der Waals surface area contributed by atoms with Crippen molar-refractivity contribution in [3.8, 4) is 0 Å². The topological polar surface area (TPSA) is 61.5 Å². The summed E-state index contributed by atoms with van der Waals surface area (Å²) < 4.78 is 19.9. The van der Waals surface area contributed by atoms with Crippen LogP contribution in [-0.2, 0) is 11.4 Å². The Kier molecular flexibility index (Phi) is 3.34. The third-order valence-corrected chi connectivity index (χ3v) is 2.94. The summed E-state index contributed by atoms with van der Waals surface area (Å²) in [6.07, 6.45) is 3.02. The van der Waals surface area contributed by atoms with Crippen LogP contribution in [0, 0.1) is 6.92 Å². The molecule has 0 saturated heterocycles. The van der Waals surface area contributed by atoms with Gasteiger partial charge in [-0.3, -0.25) is 0 Å². The molecule has 0 radical (unpaired) electrons. The number of aryl methyl sites for hydroxylation is 1. The van der Waals surface area contributed by atoms with Gasteiger partial charge in [0, 0.05) is 0 Å². The molecule has 5 heteroatoms. The second kappa shape index (κ2) is 4.14. The van der Waals surface area contributed by atoms with Crippen molar-refractivity contribution in [2.45, 2.75) is 32.4 Å². The van der Waals surface area contributed by atoms with Gasteiger partial charge in [-0.25, -0.2) is 0 Å².